The highest BCUT2D eigenvalue weighted by molar-refractivity contribution is 5.94. The second kappa shape index (κ2) is 15.9. The van der Waals surface area contributed by atoms with Crippen molar-refractivity contribution in [3.05, 3.63) is 60.0 Å². The summed E-state index contributed by atoms with van der Waals surface area (Å²) in [7, 11) is 1.58. The van der Waals surface area contributed by atoms with Gasteiger partial charge in [-0.15, -0.1) is 0 Å². The number of hydrogen-bond donors (Lipinski definition) is 2. The van der Waals surface area contributed by atoms with Crippen LogP contribution in [0.2, 0.25) is 0 Å². The third-order valence-electron chi connectivity index (χ3n) is 9.53. The molecule has 0 unspecified atom stereocenters. The van der Waals surface area contributed by atoms with E-state index in [1.54, 1.807) is 13.3 Å². The number of methoxy groups -OCH3 is 1. The molecule has 2 aliphatic carbocycles. The minimum absolute atomic E-state index is 0.0617. The SMILES string of the molecule is COc1ccc(C2CCC(CN(C(=O)C3CCC(OC(=O)NCCO)CC3)c3cc(-c4cnn(C(C)C)c4)ccn3)CC2)cc1C#N. The number of pyridine rings is 1. The van der Waals surface area contributed by atoms with Gasteiger partial charge in [-0.3, -0.25) is 14.4 Å². The van der Waals surface area contributed by atoms with E-state index in [2.05, 4.69) is 36.4 Å². The molecule has 2 aliphatic rings. The minimum Gasteiger partial charge on any atom is -0.495 e. The number of anilines is 1. The lowest BCUT2D eigenvalue weighted by Gasteiger charge is -2.35. The Labute approximate surface area is 276 Å². The summed E-state index contributed by atoms with van der Waals surface area (Å²) in [5.41, 5.74) is 3.65. The smallest absolute Gasteiger partial charge is 0.407 e. The summed E-state index contributed by atoms with van der Waals surface area (Å²) in [5.74, 6) is 1.78. The van der Waals surface area contributed by atoms with Gasteiger partial charge in [0.05, 0.1) is 25.5 Å². The predicted molar refractivity (Wildman–Crippen MR) is 178 cm³/mol. The van der Waals surface area contributed by atoms with Gasteiger partial charge in [-0.1, -0.05) is 6.07 Å². The number of aromatic nitrogens is 3. The maximum absolute atomic E-state index is 14.3. The van der Waals surface area contributed by atoms with E-state index in [1.165, 1.54) is 0 Å². The molecule has 11 heteroatoms. The van der Waals surface area contributed by atoms with E-state index in [0.29, 0.717) is 61.2 Å². The van der Waals surface area contributed by atoms with Crippen molar-refractivity contribution in [2.45, 2.75) is 83.3 Å². The van der Waals surface area contributed by atoms with Crippen molar-refractivity contribution in [1.82, 2.24) is 20.1 Å². The van der Waals surface area contributed by atoms with Crippen molar-refractivity contribution in [1.29, 1.82) is 5.26 Å². The molecule has 11 nitrogen and oxygen atoms in total. The lowest BCUT2D eigenvalue weighted by Crippen LogP contribution is -2.42. The number of aliphatic hydroxyl groups excluding tert-OH is 1. The largest absolute Gasteiger partial charge is 0.495 e. The van der Waals surface area contributed by atoms with E-state index in [1.807, 2.05) is 46.2 Å². The molecule has 2 aromatic heterocycles. The quantitative estimate of drug-likeness (QED) is 0.260. The minimum atomic E-state index is -0.536. The van der Waals surface area contributed by atoms with Crippen LogP contribution in [0.1, 0.15) is 88.3 Å². The number of nitriles is 1. The van der Waals surface area contributed by atoms with Crippen LogP contribution in [0.5, 0.6) is 5.75 Å². The molecule has 2 amide bonds. The zero-order chi connectivity index (χ0) is 33.3. The standard InChI is InChI=1S/C36H46N6O5/c1-24(2)42-23-31(21-40-42)29-14-15-38-34(19-29)41(35(44)27-8-11-32(12-9-27)47-36(45)39-16-17-43)22-25-4-6-26(7-5-25)28-10-13-33(46-3)30(18-28)20-37/h10,13-15,18-19,21,23-27,32,43H,4-9,11-12,16-17,22H2,1-3H3,(H,39,45). The molecule has 2 N–H and O–H groups in total. The van der Waals surface area contributed by atoms with Crippen molar-refractivity contribution < 1.29 is 24.2 Å². The van der Waals surface area contributed by atoms with Crippen molar-refractivity contribution in [3.63, 3.8) is 0 Å². The molecule has 0 radical (unpaired) electrons. The number of nitrogens with one attached hydrogen (secondary N) is 1. The van der Waals surface area contributed by atoms with Crippen LogP contribution < -0.4 is 15.0 Å². The maximum atomic E-state index is 14.3. The average Bonchev–Trinajstić information content (AvgIpc) is 3.61. The van der Waals surface area contributed by atoms with E-state index in [4.69, 9.17) is 19.6 Å². The highest BCUT2D eigenvalue weighted by Gasteiger charge is 2.34. The summed E-state index contributed by atoms with van der Waals surface area (Å²) >= 11 is 0. The van der Waals surface area contributed by atoms with Gasteiger partial charge in [0.1, 0.15) is 23.7 Å². The molecule has 0 bridgehead atoms. The molecule has 47 heavy (non-hydrogen) atoms. The van der Waals surface area contributed by atoms with Crippen LogP contribution in [-0.2, 0) is 9.53 Å². The second-order valence-electron chi connectivity index (χ2n) is 13.0. The molecule has 3 aromatic rings. The van der Waals surface area contributed by atoms with E-state index in [-0.39, 0.29) is 37.1 Å². The van der Waals surface area contributed by atoms with Crippen LogP contribution in [0, 0.1) is 23.2 Å². The molecule has 0 atom stereocenters. The molecule has 0 saturated heterocycles. The monoisotopic (exact) mass is 642 g/mol. The molecule has 250 valence electrons. The Morgan fingerprint density at radius 1 is 1.09 bits per heavy atom. The maximum Gasteiger partial charge on any atom is 0.407 e. The molecule has 2 fully saturated rings. The fourth-order valence-corrected chi connectivity index (χ4v) is 6.81. The molecule has 0 spiro atoms. The summed E-state index contributed by atoms with van der Waals surface area (Å²) in [4.78, 5) is 32.9. The highest BCUT2D eigenvalue weighted by atomic mass is 16.6. The van der Waals surface area contributed by atoms with E-state index in [0.717, 1.165) is 42.4 Å². The van der Waals surface area contributed by atoms with Crippen LogP contribution in [-0.4, -0.2) is 64.8 Å². The molecule has 1 aromatic carbocycles. The number of carbonyl (C=O) groups is 2. The average molecular weight is 643 g/mol. The Morgan fingerprint density at radius 3 is 2.51 bits per heavy atom. The molecule has 2 heterocycles. The zero-order valence-electron chi connectivity index (χ0n) is 27.6. The number of amides is 2. The number of benzene rings is 1. The number of aliphatic hydroxyl groups is 1. The van der Waals surface area contributed by atoms with Gasteiger partial charge in [0.2, 0.25) is 5.91 Å². The van der Waals surface area contributed by atoms with Crippen molar-refractivity contribution >= 4 is 17.8 Å². The third-order valence-corrected chi connectivity index (χ3v) is 9.53. The number of rotatable bonds is 11. The van der Waals surface area contributed by atoms with Gasteiger partial charge < -0.3 is 19.9 Å². The first-order chi connectivity index (χ1) is 22.8. The first-order valence-electron chi connectivity index (χ1n) is 16.7. The predicted octanol–water partition coefficient (Wildman–Crippen LogP) is 5.99. The molecule has 2 saturated carbocycles. The molecule has 5 rings (SSSR count). The fourth-order valence-electron chi connectivity index (χ4n) is 6.81. The Bertz CT molecular complexity index is 1550. The number of nitrogens with zero attached hydrogens (tertiary/aromatic N) is 5. The van der Waals surface area contributed by atoms with E-state index < -0.39 is 6.09 Å². The summed E-state index contributed by atoms with van der Waals surface area (Å²) in [6, 6.07) is 12.3. The second-order valence-corrected chi connectivity index (χ2v) is 13.0. The lowest BCUT2D eigenvalue weighted by molar-refractivity contribution is -0.124. The Balaban J connectivity index is 1.30. The summed E-state index contributed by atoms with van der Waals surface area (Å²) in [5, 5.41) is 25.6. The van der Waals surface area contributed by atoms with Crippen LogP contribution in [0.15, 0.2) is 48.9 Å². The van der Waals surface area contributed by atoms with Crippen LogP contribution in [0.25, 0.3) is 11.1 Å². The van der Waals surface area contributed by atoms with Crippen LogP contribution in [0.4, 0.5) is 10.6 Å². The molecule has 0 aliphatic heterocycles. The van der Waals surface area contributed by atoms with Crippen molar-refractivity contribution in [3.8, 4) is 22.9 Å². The van der Waals surface area contributed by atoms with Gasteiger partial charge in [0, 0.05) is 43.0 Å². The van der Waals surface area contributed by atoms with Gasteiger partial charge >= 0.3 is 6.09 Å². The third kappa shape index (κ3) is 8.49. The number of carbonyl (C=O) groups excluding carboxylic acids is 2. The zero-order valence-corrected chi connectivity index (χ0v) is 27.6. The summed E-state index contributed by atoms with van der Waals surface area (Å²) in [6.45, 7) is 4.76. The Kier molecular flexibility index (Phi) is 11.5. The topological polar surface area (TPSA) is 143 Å². The van der Waals surface area contributed by atoms with Gasteiger partial charge in [-0.05, 0) is 112 Å². The van der Waals surface area contributed by atoms with Crippen molar-refractivity contribution in [2.75, 3.05) is 31.7 Å². The number of alkyl carbamates (subject to hydrolysis) is 1. The van der Waals surface area contributed by atoms with Crippen molar-refractivity contribution in [2.24, 2.45) is 11.8 Å². The lowest BCUT2D eigenvalue weighted by atomic mass is 9.78. The van der Waals surface area contributed by atoms with Crippen LogP contribution >= 0.6 is 0 Å². The van der Waals surface area contributed by atoms with Gasteiger partial charge in [0.15, 0.2) is 0 Å². The first kappa shape index (κ1) is 33.9. The summed E-state index contributed by atoms with van der Waals surface area (Å²) < 4.78 is 12.8. The van der Waals surface area contributed by atoms with Gasteiger partial charge in [-0.25, -0.2) is 9.78 Å². The van der Waals surface area contributed by atoms with E-state index >= 15 is 0 Å². The highest BCUT2D eigenvalue weighted by Crippen LogP contribution is 2.39. The normalized spacial score (nSPS) is 21.1. The fraction of sp³-hybridized carbons (Fsp3) is 0.528. The van der Waals surface area contributed by atoms with Gasteiger partial charge in [-0.2, -0.15) is 10.4 Å². The number of hydrogen-bond acceptors (Lipinski definition) is 8. The Morgan fingerprint density at radius 2 is 1.85 bits per heavy atom. The molecular weight excluding hydrogens is 596 g/mol. The summed E-state index contributed by atoms with van der Waals surface area (Å²) in [6.07, 6.45) is 11.2. The Hall–Kier alpha value is -4.43. The molecular formula is C36H46N6O5. The van der Waals surface area contributed by atoms with Gasteiger partial charge in [0.25, 0.3) is 0 Å². The van der Waals surface area contributed by atoms with E-state index in [9.17, 15) is 14.9 Å². The number of ether oxygens (including phenoxy) is 2. The first-order valence-corrected chi connectivity index (χ1v) is 16.7. The van der Waals surface area contributed by atoms with Crippen LogP contribution in [0.3, 0.4) is 0 Å².